The first-order chi connectivity index (χ1) is 7.40. The molecule has 4 heteroatoms. The maximum atomic E-state index is 4.30. The molecule has 15 heavy (non-hydrogen) atoms. The van der Waals surface area contributed by atoms with Crippen molar-refractivity contribution in [2.75, 3.05) is 0 Å². The second-order valence-corrected chi connectivity index (χ2v) is 3.27. The van der Waals surface area contributed by atoms with Gasteiger partial charge in [0.05, 0.1) is 5.69 Å². The van der Waals surface area contributed by atoms with E-state index in [4.69, 9.17) is 0 Å². The van der Waals surface area contributed by atoms with Crippen LogP contribution < -0.4 is 4.68 Å². The lowest BCUT2D eigenvalue weighted by molar-refractivity contribution is -0.753. The van der Waals surface area contributed by atoms with E-state index in [2.05, 4.69) is 22.0 Å². The molecule has 4 nitrogen and oxygen atoms in total. The predicted molar refractivity (Wildman–Crippen MR) is 55.7 cm³/mol. The number of hydrogen-bond acceptors (Lipinski definition) is 3. The summed E-state index contributed by atoms with van der Waals surface area (Å²) in [5.74, 6) is 0. The summed E-state index contributed by atoms with van der Waals surface area (Å²) in [6.07, 6.45) is 8.17. The van der Waals surface area contributed by atoms with Crippen LogP contribution in [0.1, 0.15) is 13.3 Å². The van der Waals surface area contributed by atoms with Crippen molar-refractivity contribution < 1.29 is 4.68 Å². The predicted octanol–water partition coefficient (Wildman–Crippen LogP) is 1.24. The molecule has 2 aromatic heterocycles. The van der Waals surface area contributed by atoms with Gasteiger partial charge in [-0.2, -0.15) is 0 Å². The van der Waals surface area contributed by atoms with Crippen LogP contribution in [-0.2, 0) is 6.54 Å². The van der Waals surface area contributed by atoms with E-state index in [1.165, 1.54) is 0 Å². The lowest BCUT2D eigenvalue weighted by Gasteiger charge is -1.97. The summed E-state index contributed by atoms with van der Waals surface area (Å²) in [5.41, 5.74) is 1.92. The Morgan fingerprint density at radius 3 is 2.87 bits per heavy atom. The zero-order chi connectivity index (χ0) is 10.5. The smallest absolute Gasteiger partial charge is 0.196 e. The third kappa shape index (κ3) is 2.34. The number of rotatable bonds is 3. The fraction of sp³-hybridized carbons (Fsp3) is 0.273. The standard InChI is InChI=1S/C11H13N4/c1-2-6-15-7-4-10(8-14-15)11-3-5-12-9-13-11/h3-5,7-9H,2,6H2,1H3/q+1. The van der Waals surface area contributed by atoms with Crippen molar-refractivity contribution in [1.29, 1.82) is 0 Å². The quantitative estimate of drug-likeness (QED) is 0.701. The molecule has 0 aliphatic heterocycles. The van der Waals surface area contributed by atoms with Crippen LogP contribution in [0.4, 0.5) is 0 Å². The molecule has 0 spiro atoms. The molecule has 0 fully saturated rings. The second kappa shape index (κ2) is 4.59. The van der Waals surface area contributed by atoms with Crippen molar-refractivity contribution in [2.45, 2.75) is 19.9 Å². The fourth-order valence-corrected chi connectivity index (χ4v) is 1.36. The molecule has 0 saturated heterocycles. The first-order valence-corrected chi connectivity index (χ1v) is 5.02. The van der Waals surface area contributed by atoms with E-state index in [-0.39, 0.29) is 0 Å². The SMILES string of the molecule is CCC[n+]1ccc(-c2ccncn2)cn1. The van der Waals surface area contributed by atoms with E-state index in [0.717, 1.165) is 24.2 Å². The molecular formula is C11H13N4+. The Kier molecular flexibility index (Phi) is 2.97. The molecule has 0 aliphatic rings. The van der Waals surface area contributed by atoms with Gasteiger partial charge in [-0.3, -0.25) is 0 Å². The van der Waals surface area contributed by atoms with E-state index in [1.807, 2.05) is 29.2 Å². The first kappa shape index (κ1) is 9.71. The van der Waals surface area contributed by atoms with Gasteiger partial charge in [0.25, 0.3) is 0 Å². The van der Waals surface area contributed by atoms with Crippen molar-refractivity contribution in [3.05, 3.63) is 37.1 Å². The van der Waals surface area contributed by atoms with Crippen LogP contribution in [0.5, 0.6) is 0 Å². The van der Waals surface area contributed by atoms with Gasteiger partial charge in [-0.25, -0.2) is 9.97 Å². The molecule has 2 aromatic rings. The molecule has 2 heterocycles. The molecule has 0 bridgehead atoms. The minimum absolute atomic E-state index is 0.904. The Labute approximate surface area is 88.6 Å². The van der Waals surface area contributed by atoms with Crippen LogP contribution in [-0.4, -0.2) is 15.1 Å². The van der Waals surface area contributed by atoms with Gasteiger partial charge in [-0.15, -0.1) is 0 Å². The summed E-state index contributed by atoms with van der Waals surface area (Å²) >= 11 is 0. The lowest BCUT2D eigenvalue weighted by Crippen LogP contribution is -2.36. The normalized spacial score (nSPS) is 10.2. The highest BCUT2D eigenvalue weighted by molar-refractivity contribution is 5.55. The average molecular weight is 201 g/mol. The highest BCUT2D eigenvalue weighted by Crippen LogP contribution is 2.11. The van der Waals surface area contributed by atoms with Gasteiger partial charge in [-0.1, -0.05) is 11.6 Å². The summed E-state index contributed by atoms with van der Waals surface area (Å²) < 4.78 is 1.92. The molecule has 0 atom stereocenters. The van der Waals surface area contributed by atoms with Crippen LogP contribution in [0.2, 0.25) is 0 Å². The third-order valence-electron chi connectivity index (χ3n) is 2.10. The summed E-state index contributed by atoms with van der Waals surface area (Å²) in [6.45, 7) is 3.08. The largest absolute Gasteiger partial charge is 0.245 e. The van der Waals surface area contributed by atoms with Crippen molar-refractivity contribution in [2.24, 2.45) is 0 Å². The summed E-state index contributed by atoms with van der Waals surface area (Å²) in [5, 5.41) is 4.30. The molecular weight excluding hydrogens is 188 g/mol. The molecule has 0 aromatic carbocycles. The maximum absolute atomic E-state index is 4.30. The Hall–Kier alpha value is -1.84. The van der Waals surface area contributed by atoms with Gasteiger partial charge in [-0.05, 0) is 11.2 Å². The van der Waals surface area contributed by atoms with Crippen LogP contribution >= 0.6 is 0 Å². The summed E-state index contributed by atoms with van der Waals surface area (Å²) in [4.78, 5) is 8.05. The summed E-state index contributed by atoms with van der Waals surface area (Å²) in [7, 11) is 0. The zero-order valence-electron chi connectivity index (χ0n) is 8.67. The molecule has 0 unspecified atom stereocenters. The van der Waals surface area contributed by atoms with Crippen molar-refractivity contribution >= 4 is 0 Å². The fourth-order valence-electron chi connectivity index (χ4n) is 1.36. The van der Waals surface area contributed by atoms with E-state index in [1.54, 1.807) is 12.5 Å². The molecule has 0 N–H and O–H groups in total. The highest BCUT2D eigenvalue weighted by Gasteiger charge is 2.03. The number of aryl methyl sites for hydroxylation is 1. The van der Waals surface area contributed by atoms with Gasteiger partial charge < -0.3 is 0 Å². The van der Waals surface area contributed by atoms with Gasteiger partial charge in [0.1, 0.15) is 12.5 Å². The van der Waals surface area contributed by atoms with Crippen molar-refractivity contribution in [3.63, 3.8) is 0 Å². The zero-order valence-corrected chi connectivity index (χ0v) is 8.67. The van der Waals surface area contributed by atoms with E-state index < -0.39 is 0 Å². The van der Waals surface area contributed by atoms with Gasteiger partial charge in [0.2, 0.25) is 0 Å². The van der Waals surface area contributed by atoms with E-state index in [0.29, 0.717) is 0 Å². The average Bonchev–Trinajstić information content (AvgIpc) is 2.32. The molecule has 0 radical (unpaired) electrons. The van der Waals surface area contributed by atoms with Crippen LogP contribution in [0, 0.1) is 0 Å². The third-order valence-corrected chi connectivity index (χ3v) is 2.10. The Morgan fingerprint density at radius 1 is 1.33 bits per heavy atom. The van der Waals surface area contributed by atoms with Gasteiger partial charge >= 0.3 is 0 Å². The second-order valence-electron chi connectivity index (χ2n) is 3.27. The van der Waals surface area contributed by atoms with E-state index in [9.17, 15) is 0 Å². The van der Waals surface area contributed by atoms with Crippen LogP contribution in [0.25, 0.3) is 11.3 Å². The number of hydrogen-bond donors (Lipinski definition) is 0. The van der Waals surface area contributed by atoms with Crippen LogP contribution in [0.3, 0.4) is 0 Å². The first-order valence-electron chi connectivity index (χ1n) is 5.02. The molecule has 0 aliphatic carbocycles. The lowest BCUT2D eigenvalue weighted by atomic mass is 10.2. The van der Waals surface area contributed by atoms with Crippen molar-refractivity contribution in [1.82, 2.24) is 15.1 Å². The maximum Gasteiger partial charge on any atom is 0.196 e. The molecule has 76 valence electrons. The molecule has 2 rings (SSSR count). The minimum Gasteiger partial charge on any atom is -0.245 e. The molecule has 0 saturated carbocycles. The Balaban J connectivity index is 2.24. The summed E-state index contributed by atoms with van der Waals surface area (Å²) in [6, 6.07) is 3.90. The Morgan fingerprint density at radius 2 is 2.27 bits per heavy atom. The van der Waals surface area contributed by atoms with E-state index >= 15 is 0 Å². The van der Waals surface area contributed by atoms with Gasteiger partial charge in [0.15, 0.2) is 12.7 Å². The minimum atomic E-state index is 0.904. The molecule has 0 amide bonds. The Bertz CT molecular complexity index is 410. The van der Waals surface area contributed by atoms with Crippen LogP contribution in [0.15, 0.2) is 37.1 Å². The highest BCUT2D eigenvalue weighted by atomic mass is 15.2. The number of aromatic nitrogens is 4. The monoisotopic (exact) mass is 201 g/mol. The van der Waals surface area contributed by atoms with Crippen molar-refractivity contribution in [3.8, 4) is 11.3 Å². The van der Waals surface area contributed by atoms with Gasteiger partial charge in [0, 0.05) is 24.2 Å². The topological polar surface area (TPSA) is 42.5 Å². The number of nitrogens with zero attached hydrogens (tertiary/aromatic N) is 4.